The number of hydrogen-bond acceptors (Lipinski definition) is 3. The van der Waals surface area contributed by atoms with Gasteiger partial charge in [0.1, 0.15) is 0 Å². The molecule has 0 fully saturated rings. The number of hydrogen-bond donors (Lipinski definition) is 1. The number of aromatic nitrogens is 3. The van der Waals surface area contributed by atoms with Crippen LogP contribution in [0.5, 0.6) is 0 Å². The summed E-state index contributed by atoms with van der Waals surface area (Å²) in [4.78, 5) is 19.6. The molecule has 0 radical (unpaired) electrons. The lowest BCUT2D eigenvalue weighted by Gasteiger charge is -2.08. The Morgan fingerprint density at radius 3 is 2.68 bits per heavy atom. The fraction of sp³-hybridized carbons (Fsp3) is 0.0952. The number of nitrogens with zero attached hydrogens (tertiary/aromatic N) is 4. The van der Waals surface area contributed by atoms with Gasteiger partial charge in [-0.2, -0.15) is 0 Å². The Hall–Kier alpha value is -3.56. The van der Waals surface area contributed by atoms with Crippen LogP contribution in [0, 0.1) is 13.5 Å². The summed E-state index contributed by atoms with van der Waals surface area (Å²) in [6, 6.07) is 7.11. The van der Waals surface area contributed by atoms with Crippen molar-refractivity contribution in [1.82, 2.24) is 14.1 Å². The van der Waals surface area contributed by atoms with Gasteiger partial charge in [0.05, 0.1) is 34.7 Å². The first-order valence-electron chi connectivity index (χ1n) is 8.50. The molecule has 0 saturated carbocycles. The molecule has 0 aliphatic carbocycles. The molecule has 3 heterocycles. The highest BCUT2D eigenvalue weighted by Gasteiger charge is 2.17. The Kier molecular flexibility index (Phi) is 4.17. The number of anilines is 1. The highest BCUT2D eigenvalue weighted by molar-refractivity contribution is 6.36. The average Bonchev–Trinajstić information content (AvgIpc) is 3.03. The fourth-order valence-electron chi connectivity index (χ4n) is 3.28. The van der Waals surface area contributed by atoms with E-state index in [9.17, 15) is 4.79 Å². The number of halogens is 1. The van der Waals surface area contributed by atoms with Gasteiger partial charge >= 0.3 is 0 Å². The smallest absolute Gasteiger partial charge is 0.250 e. The highest BCUT2D eigenvalue weighted by atomic mass is 35.5. The Bertz CT molecular complexity index is 1340. The van der Waals surface area contributed by atoms with Crippen LogP contribution in [-0.2, 0) is 7.05 Å². The topological polar surface area (TPSA) is 70.2 Å². The van der Waals surface area contributed by atoms with Crippen molar-refractivity contribution in [1.29, 1.82) is 0 Å². The third-order valence-corrected chi connectivity index (χ3v) is 5.21. The van der Waals surface area contributed by atoms with Crippen molar-refractivity contribution < 1.29 is 0 Å². The Balaban J connectivity index is 2.11. The summed E-state index contributed by atoms with van der Waals surface area (Å²) in [5.41, 5.74) is 10.9. The monoisotopic (exact) mass is 389 g/mol. The van der Waals surface area contributed by atoms with Gasteiger partial charge in [0.2, 0.25) is 5.56 Å². The lowest BCUT2D eigenvalue weighted by molar-refractivity contribution is 0.847. The summed E-state index contributed by atoms with van der Waals surface area (Å²) in [6.07, 6.45) is 6.87. The second kappa shape index (κ2) is 6.55. The molecular weight excluding hydrogens is 374 g/mol. The zero-order valence-corrected chi connectivity index (χ0v) is 16.0. The molecule has 0 bridgehead atoms. The van der Waals surface area contributed by atoms with E-state index in [-0.39, 0.29) is 5.56 Å². The largest absolute Gasteiger partial charge is 0.396 e. The number of nitrogens with two attached hydrogens (primary N) is 1. The summed E-state index contributed by atoms with van der Waals surface area (Å²) in [7, 11) is 1.71. The van der Waals surface area contributed by atoms with Gasteiger partial charge in [0, 0.05) is 42.8 Å². The molecule has 0 unspecified atom stereocenters. The maximum Gasteiger partial charge on any atom is 0.250 e. The molecule has 2 N–H and O–H groups in total. The maximum atomic E-state index is 11.8. The third kappa shape index (κ3) is 2.73. The minimum absolute atomic E-state index is 0.0880. The van der Waals surface area contributed by atoms with Crippen LogP contribution >= 0.6 is 11.6 Å². The van der Waals surface area contributed by atoms with Crippen molar-refractivity contribution in [2.75, 3.05) is 5.73 Å². The van der Waals surface area contributed by atoms with Crippen LogP contribution in [0.15, 0.2) is 53.8 Å². The summed E-state index contributed by atoms with van der Waals surface area (Å²) < 4.78 is 3.50. The van der Waals surface area contributed by atoms with E-state index in [1.807, 2.05) is 29.8 Å². The molecule has 0 saturated heterocycles. The molecule has 6 nitrogen and oxygen atoms in total. The number of fused-ring (bicyclic) bond motifs is 1. The van der Waals surface area contributed by atoms with E-state index in [1.165, 1.54) is 16.8 Å². The number of aryl methyl sites for hydroxylation is 2. The minimum Gasteiger partial charge on any atom is -0.396 e. The lowest BCUT2D eigenvalue weighted by Crippen LogP contribution is -2.15. The first-order valence-corrected chi connectivity index (χ1v) is 8.88. The standard InChI is InChI=1S/C21H16ClN5O/c1-12-6-19-14(7-18(12)24-2)16(15-8-25-9-17(23)21(15)22)11-27(19)13-4-5-20(28)26(3)10-13/h4-11H,23H2,1,3H3. The van der Waals surface area contributed by atoms with Gasteiger partial charge in [0.15, 0.2) is 5.69 Å². The molecule has 138 valence electrons. The van der Waals surface area contributed by atoms with Crippen LogP contribution in [0.25, 0.3) is 32.6 Å². The third-order valence-electron chi connectivity index (χ3n) is 4.79. The number of benzene rings is 1. The lowest BCUT2D eigenvalue weighted by atomic mass is 10.0. The van der Waals surface area contributed by atoms with Gasteiger partial charge in [0.25, 0.3) is 0 Å². The highest BCUT2D eigenvalue weighted by Crippen LogP contribution is 2.40. The Morgan fingerprint density at radius 1 is 1.18 bits per heavy atom. The van der Waals surface area contributed by atoms with Crippen LogP contribution in [-0.4, -0.2) is 14.1 Å². The van der Waals surface area contributed by atoms with E-state index >= 15 is 0 Å². The summed E-state index contributed by atoms with van der Waals surface area (Å²) >= 11 is 6.45. The fourth-order valence-corrected chi connectivity index (χ4v) is 3.48. The van der Waals surface area contributed by atoms with Crippen molar-refractivity contribution in [2.24, 2.45) is 7.05 Å². The van der Waals surface area contributed by atoms with Crippen molar-refractivity contribution in [3.05, 3.63) is 81.4 Å². The number of pyridine rings is 2. The van der Waals surface area contributed by atoms with Crippen molar-refractivity contribution in [2.45, 2.75) is 6.92 Å². The van der Waals surface area contributed by atoms with Crippen LogP contribution < -0.4 is 11.3 Å². The van der Waals surface area contributed by atoms with E-state index in [1.54, 1.807) is 25.5 Å². The molecule has 1 aromatic carbocycles. The normalized spacial score (nSPS) is 10.9. The predicted molar refractivity (Wildman–Crippen MR) is 112 cm³/mol. The van der Waals surface area contributed by atoms with Crippen LogP contribution in [0.1, 0.15) is 5.56 Å². The zero-order valence-electron chi connectivity index (χ0n) is 15.3. The number of rotatable bonds is 2. The Morgan fingerprint density at radius 2 is 1.96 bits per heavy atom. The molecule has 4 aromatic rings. The van der Waals surface area contributed by atoms with Crippen LogP contribution in [0.2, 0.25) is 5.02 Å². The SMILES string of the molecule is [C-]#[N+]c1cc2c(-c3cncc(N)c3Cl)cn(-c3ccc(=O)n(C)c3)c2cc1C. The molecule has 7 heteroatoms. The molecule has 3 aromatic heterocycles. The van der Waals surface area contributed by atoms with Gasteiger partial charge in [-0.05, 0) is 36.1 Å². The molecule has 0 spiro atoms. The summed E-state index contributed by atoms with van der Waals surface area (Å²) in [5, 5.41) is 1.28. The van der Waals surface area contributed by atoms with Crippen molar-refractivity contribution in [3.8, 4) is 16.8 Å². The molecule has 0 atom stereocenters. The summed E-state index contributed by atoms with van der Waals surface area (Å²) in [6.45, 7) is 9.36. The number of nitrogen functional groups attached to an aromatic ring is 1. The quantitative estimate of drug-likeness (QED) is 0.513. The van der Waals surface area contributed by atoms with Gasteiger partial charge < -0.3 is 14.9 Å². The molecule has 28 heavy (non-hydrogen) atoms. The molecule has 0 amide bonds. The molecule has 4 rings (SSSR count). The van der Waals surface area contributed by atoms with E-state index in [2.05, 4.69) is 9.83 Å². The molecular formula is C21H16ClN5O. The zero-order chi connectivity index (χ0) is 20.0. The van der Waals surface area contributed by atoms with Crippen LogP contribution in [0.3, 0.4) is 0 Å². The Labute approximate surface area is 166 Å². The predicted octanol–water partition coefficient (Wildman–Crippen LogP) is 4.49. The minimum atomic E-state index is -0.0880. The van der Waals surface area contributed by atoms with E-state index in [0.717, 1.165) is 27.7 Å². The van der Waals surface area contributed by atoms with Crippen molar-refractivity contribution >= 4 is 33.9 Å². The first kappa shape index (κ1) is 17.8. The van der Waals surface area contributed by atoms with Gasteiger partial charge in [-0.15, -0.1) is 0 Å². The van der Waals surface area contributed by atoms with E-state index in [4.69, 9.17) is 23.9 Å². The molecule has 0 aliphatic rings. The van der Waals surface area contributed by atoms with Crippen LogP contribution in [0.4, 0.5) is 11.4 Å². The summed E-state index contributed by atoms with van der Waals surface area (Å²) in [5.74, 6) is 0. The van der Waals surface area contributed by atoms with Gasteiger partial charge in [-0.25, -0.2) is 4.85 Å². The second-order valence-electron chi connectivity index (χ2n) is 6.61. The second-order valence-corrected chi connectivity index (χ2v) is 6.99. The van der Waals surface area contributed by atoms with Gasteiger partial charge in [-0.1, -0.05) is 11.6 Å². The average molecular weight is 390 g/mol. The maximum absolute atomic E-state index is 11.8. The van der Waals surface area contributed by atoms with E-state index < -0.39 is 0 Å². The van der Waals surface area contributed by atoms with Gasteiger partial charge in [-0.3, -0.25) is 9.78 Å². The molecule has 0 aliphatic heterocycles. The van der Waals surface area contributed by atoms with Crippen molar-refractivity contribution in [3.63, 3.8) is 0 Å². The van der Waals surface area contributed by atoms with E-state index in [0.29, 0.717) is 22.0 Å². The first-order chi connectivity index (χ1) is 13.4.